The molecule has 0 aliphatic carbocycles. The van der Waals surface area contributed by atoms with Crippen LogP contribution in [0.5, 0.6) is 0 Å². The Bertz CT molecular complexity index is 1060. The van der Waals surface area contributed by atoms with Crippen molar-refractivity contribution in [3.63, 3.8) is 0 Å². The molecule has 2 unspecified atom stereocenters. The molecular formula is C17H25ClN4O7S2. The average molecular weight is 497 g/mol. The molecule has 0 radical (unpaired) electrons. The van der Waals surface area contributed by atoms with E-state index < -0.39 is 25.2 Å². The molecule has 0 saturated carbocycles. The number of piperazine rings is 1. The summed E-state index contributed by atoms with van der Waals surface area (Å²) in [5.41, 5.74) is -0.210. The molecule has 1 aromatic carbocycles. The predicted octanol–water partition coefficient (Wildman–Crippen LogP) is 1.22. The highest BCUT2D eigenvalue weighted by molar-refractivity contribution is 7.89. The highest BCUT2D eigenvalue weighted by Crippen LogP contribution is 2.31. The van der Waals surface area contributed by atoms with E-state index in [-0.39, 0.29) is 72.6 Å². The van der Waals surface area contributed by atoms with Gasteiger partial charge in [-0.15, -0.1) is 0 Å². The molecule has 11 nitrogen and oxygen atoms in total. The van der Waals surface area contributed by atoms with Gasteiger partial charge in [0.2, 0.25) is 10.0 Å². The first-order valence-electron chi connectivity index (χ1n) is 9.69. The minimum absolute atomic E-state index is 0.0236. The number of nitro benzene ring substituents is 1. The van der Waals surface area contributed by atoms with Gasteiger partial charge in [-0.1, -0.05) is 11.6 Å². The number of ether oxygens (including phenoxy) is 1. The molecule has 14 heteroatoms. The van der Waals surface area contributed by atoms with Gasteiger partial charge in [-0.2, -0.15) is 21.3 Å². The minimum atomic E-state index is -4.08. The lowest BCUT2D eigenvalue weighted by Gasteiger charge is -2.39. The summed E-state index contributed by atoms with van der Waals surface area (Å²) in [6.07, 6.45) is -0.468. The van der Waals surface area contributed by atoms with Crippen molar-refractivity contribution in [1.82, 2.24) is 12.9 Å². The van der Waals surface area contributed by atoms with Crippen molar-refractivity contribution in [1.29, 1.82) is 0 Å². The molecule has 1 aromatic rings. The fourth-order valence-corrected chi connectivity index (χ4v) is 7.25. The zero-order valence-electron chi connectivity index (χ0n) is 17.4. The average Bonchev–Trinajstić information content (AvgIpc) is 2.69. The van der Waals surface area contributed by atoms with Gasteiger partial charge in [-0.05, 0) is 26.8 Å². The smallest absolute Gasteiger partial charge is 0.282 e. The van der Waals surface area contributed by atoms with E-state index in [4.69, 9.17) is 16.3 Å². The van der Waals surface area contributed by atoms with Crippen LogP contribution in [-0.2, 0) is 25.0 Å². The first-order valence-corrected chi connectivity index (χ1v) is 12.9. The number of morpholine rings is 1. The summed E-state index contributed by atoms with van der Waals surface area (Å²) in [7, 11) is -7.84. The summed E-state index contributed by atoms with van der Waals surface area (Å²) >= 11 is 6.01. The van der Waals surface area contributed by atoms with Crippen molar-refractivity contribution in [3.8, 4) is 0 Å². The van der Waals surface area contributed by atoms with E-state index in [0.717, 1.165) is 10.4 Å². The quantitative estimate of drug-likeness (QED) is 0.442. The standard InChI is InChI=1S/C17H25ClN4O7S2/c1-12-10-21(11-13(2)29-12)31(27,28)20-6-4-19(5-7-20)30(25,26)15-8-16(18)14(3)17(9-15)22(23)24/h8-9,12-13H,4-7,10-11H2,1-3H3. The van der Waals surface area contributed by atoms with E-state index in [1.54, 1.807) is 13.8 Å². The molecule has 31 heavy (non-hydrogen) atoms. The Morgan fingerprint density at radius 2 is 1.52 bits per heavy atom. The summed E-state index contributed by atoms with van der Waals surface area (Å²) in [5.74, 6) is 0. The Hall–Kier alpha value is -1.35. The third-order valence-corrected chi connectivity index (χ3v) is 9.60. The molecule has 2 aliphatic heterocycles. The third-order valence-electron chi connectivity index (χ3n) is 5.36. The van der Waals surface area contributed by atoms with Gasteiger partial charge in [-0.3, -0.25) is 10.1 Å². The molecule has 0 bridgehead atoms. The van der Waals surface area contributed by atoms with Crippen molar-refractivity contribution in [2.75, 3.05) is 39.3 Å². The highest BCUT2D eigenvalue weighted by Gasteiger charge is 2.39. The van der Waals surface area contributed by atoms with Crippen LogP contribution in [0.1, 0.15) is 19.4 Å². The summed E-state index contributed by atoms with van der Waals surface area (Å²) in [6, 6.07) is 2.16. The van der Waals surface area contributed by atoms with Crippen LogP contribution in [0.2, 0.25) is 5.02 Å². The van der Waals surface area contributed by atoms with Gasteiger partial charge in [0.05, 0.1) is 27.0 Å². The Kier molecular flexibility index (Phi) is 6.96. The predicted molar refractivity (Wildman–Crippen MR) is 114 cm³/mol. The maximum absolute atomic E-state index is 13.0. The molecule has 2 fully saturated rings. The summed E-state index contributed by atoms with van der Waals surface area (Å²) < 4.78 is 61.4. The number of nitro groups is 1. The molecule has 0 aromatic heterocycles. The van der Waals surface area contributed by atoms with Gasteiger partial charge in [0.15, 0.2) is 0 Å². The van der Waals surface area contributed by atoms with Gasteiger partial charge in [0, 0.05) is 50.9 Å². The zero-order valence-corrected chi connectivity index (χ0v) is 19.8. The molecule has 2 heterocycles. The van der Waals surface area contributed by atoms with Crippen LogP contribution in [0.25, 0.3) is 0 Å². The van der Waals surface area contributed by atoms with E-state index in [9.17, 15) is 26.9 Å². The molecule has 3 rings (SSSR count). The van der Waals surface area contributed by atoms with Crippen LogP contribution in [0.3, 0.4) is 0 Å². The summed E-state index contributed by atoms with van der Waals surface area (Å²) in [5, 5.41) is 11.2. The maximum atomic E-state index is 13.0. The third kappa shape index (κ3) is 4.87. The fourth-order valence-electron chi connectivity index (χ4n) is 3.75. The van der Waals surface area contributed by atoms with E-state index in [1.807, 2.05) is 0 Å². The fraction of sp³-hybridized carbons (Fsp3) is 0.647. The van der Waals surface area contributed by atoms with E-state index in [2.05, 4.69) is 0 Å². The number of hydrogen-bond acceptors (Lipinski definition) is 7. The van der Waals surface area contributed by atoms with Crippen molar-refractivity contribution < 1.29 is 26.5 Å². The lowest BCUT2D eigenvalue weighted by atomic mass is 10.2. The molecule has 2 aliphatic rings. The van der Waals surface area contributed by atoms with Gasteiger partial charge in [-0.25, -0.2) is 8.42 Å². The SMILES string of the molecule is Cc1c(Cl)cc(S(=O)(=O)N2CCN(S(=O)(=O)N3CC(C)OC(C)C3)CC2)cc1[N+](=O)[O-]. The van der Waals surface area contributed by atoms with Gasteiger partial charge in [0.25, 0.3) is 15.9 Å². The number of halogens is 1. The molecular weight excluding hydrogens is 472 g/mol. The highest BCUT2D eigenvalue weighted by atomic mass is 35.5. The first kappa shape index (κ1) is 24.3. The van der Waals surface area contributed by atoms with Crippen LogP contribution in [-0.4, -0.2) is 86.2 Å². The Balaban J connectivity index is 1.77. The maximum Gasteiger partial charge on any atom is 0.282 e. The van der Waals surface area contributed by atoms with Crippen LogP contribution in [0.4, 0.5) is 5.69 Å². The normalized spacial score (nSPS) is 24.9. The molecule has 2 saturated heterocycles. The van der Waals surface area contributed by atoms with E-state index >= 15 is 0 Å². The summed E-state index contributed by atoms with van der Waals surface area (Å²) in [6.45, 7) is 5.31. The zero-order chi connectivity index (χ0) is 23.1. The van der Waals surface area contributed by atoms with Gasteiger partial charge >= 0.3 is 0 Å². The molecule has 0 N–H and O–H groups in total. The molecule has 0 amide bonds. The second-order valence-electron chi connectivity index (χ2n) is 7.69. The van der Waals surface area contributed by atoms with Crippen LogP contribution in [0.15, 0.2) is 17.0 Å². The number of hydrogen-bond donors (Lipinski definition) is 0. The number of nitrogens with zero attached hydrogens (tertiary/aromatic N) is 4. The number of rotatable bonds is 5. The molecule has 0 spiro atoms. The van der Waals surface area contributed by atoms with Crippen molar-refractivity contribution in [2.45, 2.75) is 37.9 Å². The lowest BCUT2D eigenvalue weighted by Crippen LogP contribution is -2.57. The Morgan fingerprint density at radius 1 is 1.00 bits per heavy atom. The Labute approximate surface area is 186 Å². The Morgan fingerprint density at radius 3 is 2.03 bits per heavy atom. The van der Waals surface area contributed by atoms with Gasteiger partial charge in [0.1, 0.15) is 0 Å². The number of sulfonamides is 1. The van der Waals surface area contributed by atoms with Crippen molar-refractivity contribution in [3.05, 3.63) is 32.8 Å². The topological polar surface area (TPSA) is 130 Å². The second kappa shape index (κ2) is 8.89. The van der Waals surface area contributed by atoms with Gasteiger partial charge < -0.3 is 4.74 Å². The summed E-state index contributed by atoms with van der Waals surface area (Å²) in [4.78, 5) is 10.3. The van der Waals surface area contributed by atoms with Crippen LogP contribution < -0.4 is 0 Å². The minimum Gasteiger partial charge on any atom is -0.373 e. The van der Waals surface area contributed by atoms with E-state index in [0.29, 0.717) is 0 Å². The molecule has 174 valence electrons. The van der Waals surface area contributed by atoms with E-state index in [1.165, 1.54) is 21.6 Å². The molecule has 2 atom stereocenters. The first-order chi connectivity index (χ1) is 14.3. The monoisotopic (exact) mass is 496 g/mol. The van der Waals surface area contributed by atoms with Crippen LogP contribution in [0, 0.1) is 17.0 Å². The van der Waals surface area contributed by atoms with Crippen LogP contribution >= 0.6 is 11.6 Å². The number of benzene rings is 1. The largest absolute Gasteiger partial charge is 0.373 e. The van der Waals surface area contributed by atoms with Crippen molar-refractivity contribution >= 4 is 37.5 Å². The lowest BCUT2D eigenvalue weighted by molar-refractivity contribution is -0.385. The van der Waals surface area contributed by atoms with Crippen molar-refractivity contribution in [2.24, 2.45) is 0 Å². The second-order valence-corrected chi connectivity index (χ2v) is 12.0.